The molecule has 0 rings (SSSR count). The second kappa shape index (κ2) is 5.46. The van der Waals surface area contributed by atoms with Gasteiger partial charge in [-0.1, -0.05) is 12.8 Å². The lowest BCUT2D eigenvalue weighted by Crippen LogP contribution is -2.07. The van der Waals surface area contributed by atoms with E-state index in [1.807, 2.05) is 6.92 Å². The van der Waals surface area contributed by atoms with Gasteiger partial charge in [0.25, 0.3) is 0 Å². The number of aliphatic hydroxyl groups excluding tert-OH is 1. The molecule has 0 bridgehead atoms. The third-order valence-electron chi connectivity index (χ3n) is 0.646. The summed E-state index contributed by atoms with van der Waals surface area (Å²) < 4.78 is 4.72. The highest BCUT2D eigenvalue weighted by molar-refractivity contribution is 4.89. The van der Waals surface area contributed by atoms with Crippen LogP contribution in [0.5, 0.6) is 0 Å². The van der Waals surface area contributed by atoms with E-state index in [0.717, 1.165) is 6.42 Å². The molecule has 0 spiro atoms. The van der Waals surface area contributed by atoms with E-state index in [0.29, 0.717) is 6.61 Å². The Morgan fingerprint density at radius 1 is 1.67 bits per heavy atom. The van der Waals surface area contributed by atoms with Crippen molar-refractivity contribution in [2.24, 2.45) is 0 Å². The molecule has 0 aromatic rings. The highest BCUT2D eigenvalue weighted by Gasteiger charge is 1.90. The zero-order valence-corrected chi connectivity index (χ0v) is 5.85. The van der Waals surface area contributed by atoms with E-state index in [-0.39, 0.29) is 0 Å². The van der Waals surface area contributed by atoms with E-state index in [1.165, 1.54) is 0 Å². The van der Waals surface area contributed by atoms with Crippen molar-refractivity contribution in [1.29, 1.82) is 0 Å². The summed E-state index contributed by atoms with van der Waals surface area (Å²) in [5, 5.41) is 8.66. The van der Waals surface area contributed by atoms with Gasteiger partial charge in [-0.25, -0.2) is 0 Å². The molecule has 0 saturated carbocycles. The Balaban J connectivity index is 3.09. The smallest absolute Gasteiger partial charge is 0.126 e. The van der Waals surface area contributed by atoms with Crippen LogP contribution in [0.1, 0.15) is 20.3 Å². The lowest BCUT2D eigenvalue weighted by atomic mass is 10.4. The molecule has 0 amide bonds. The van der Waals surface area contributed by atoms with Gasteiger partial charge in [0.2, 0.25) is 0 Å². The van der Waals surface area contributed by atoms with Crippen LogP contribution in [0, 0.1) is 12.0 Å². The molecule has 0 saturated heterocycles. The fraction of sp³-hybridized carbons (Fsp3) is 0.714. The number of hydrogen-bond acceptors (Lipinski definition) is 2. The minimum Gasteiger partial charge on any atom is -0.444 e. The van der Waals surface area contributed by atoms with Crippen molar-refractivity contribution >= 4 is 0 Å². The topological polar surface area (TPSA) is 29.5 Å². The maximum Gasteiger partial charge on any atom is 0.126 e. The Morgan fingerprint density at radius 2 is 2.33 bits per heavy atom. The summed E-state index contributed by atoms with van der Waals surface area (Å²) >= 11 is 0. The third-order valence-corrected chi connectivity index (χ3v) is 0.646. The first-order valence-electron chi connectivity index (χ1n) is 3.05. The molecule has 9 heavy (non-hydrogen) atoms. The molecule has 0 aliphatic heterocycles. The minimum atomic E-state index is -0.420. The van der Waals surface area contributed by atoms with Gasteiger partial charge in [-0.15, -0.1) is 0 Å². The van der Waals surface area contributed by atoms with Crippen LogP contribution < -0.4 is 0 Å². The predicted molar refractivity (Wildman–Crippen MR) is 35.7 cm³/mol. The number of aliphatic hydroxyl groups is 1. The molecule has 2 nitrogen and oxygen atoms in total. The van der Waals surface area contributed by atoms with Crippen LogP contribution in [-0.4, -0.2) is 17.8 Å². The van der Waals surface area contributed by atoms with E-state index in [2.05, 4.69) is 12.0 Å². The van der Waals surface area contributed by atoms with Crippen LogP contribution in [-0.2, 0) is 4.74 Å². The maximum absolute atomic E-state index is 8.66. The summed E-state index contributed by atoms with van der Waals surface area (Å²) in [4.78, 5) is 0. The molecular formula is C7H12O2. The van der Waals surface area contributed by atoms with Crippen LogP contribution in [0.2, 0.25) is 0 Å². The van der Waals surface area contributed by atoms with Gasteiger partial charge in [0.15, 0.2) is 0 Å². The quantitative estimate of drug-likeness (QED) is 0.556. The standard InChI is InChI=1S/C7H12O2/c1-3-4-5-9-6-7(2)8/h7-8H,3,6H2,1-2H3. The van der Waals surface area contributed by atoms with Gasteiger partial charge in [-0.2, -0.15) is 0 Å². The highest BCUT2D eigenvalue weighted by Crippen LogP contribution is 1.79. The van der Waals surface area contributed by atoms with Crippen molar-refractivity contribution in [2.75, 3.05) is 6.61 Å². The Hall–Kier alpha value is -0.680. The van der Waals surface area contributed by atoms with Gasteiger partial charge in [0.1, 0.15) is 12.7 Å². The highest BCUT2D eigenvalue weighted by atomic mass is 16.5. The van der Waals surface area contributed by atoms with Gasteiger partial charge in [0, 0.05) is 6.42 Å². The second-order valence-electron chi connectivity index (χ2n) is 1.79. The Labute approximate surface area is 55.8 Å². The Kier molecular flexibility index (Phi) is 5.04. The van der Waals surface area contributed by atoms with Crippen molar-refractivity contribution < 1.29 is 9.84 Å². The summed E-state index contributed by atoms with van der Waals surface area (Å²) in [5.41, 5.74) is 0. The van der Waals surface area contributed by atoms with E-state index in [4.69, 9.17) is 9.84 Å². The molecule has 1 atom stereocenters. The van der Waals surface area contributed by atoms with Gasteiger partial charge >= 0.3 is 0 Å². The summed E-state index contributed by atoms with van der Waals surface area (Å²) in [7, 11) is 0. The zero-order valence-electron chi connectivity index (χ0n) is 5.85. The molecule has 52 valence electrons. The Morgan fingerprint density at radius 3 is 2.78 bits per heavy atom. The second-order valence-corrected chi connectivity index (χ2v) is 1.79. The predicted octanol–water partition coefficient (Wildman–Crippen LogP) is 0.755. The summed E-state index contributed by atoms with van der Waals surface area (Å²) in [6.45, 7) is 3.90. The first-order chi connectivity index (χ1) is 4.27. The van der Waals surface area contributed by atoms with E-state index >= 15 is 0 Å². The van der Waals surface area contributed by atoms with Crippen LogP contribution in [0.4, 0.5) is 0 Å². The van der Waals surface area contributed by atoms with Crippen molar-refractivity contribution in [3.8, 4) is 12.0 Å². The van der Waals surface area contributed by atoms with Crippen molar-refractivity contribution in [2.45, 2.75) is 26.4 Å². The summed E-state index contributed by atoms with van der Waals surface area (Å²) in [6, 6.07) is 0. The van der Waals surface area contributed by atoms with Gasteiger partial charge in [-0.05, 0) is 6.92 Å². The SMILES string of the molecule is CCC#COCC(C)O. The van der Waals surface area contributed by atoms with Crippen molar-refractivity contribution in [3.05, 3.63) is 0 Å². The van der Waals surface area contributed by atoms with Crippen molar-refractivity contribution in [3.63, 3.8) is 0 Å². The van der Waals surface area contributed by atoms with E-state index in [9.17, 15) is 0 Å². The van der Waals surface area contributed by atoms with Gasteiger partial charge < -0.3 is 9.84 Å². The molecule has 1 N–H and O–H groups in total. The number of rotatable bonds is 2. The van der Waals surface area contributed by atoms with E-state index in [1.54, 1.807) is 6.92 Å². The average molecular weight is 128 g/mol. The third kappa shape index (κ3) is 7.32. The molecule has 0 fully saturated rings. The first kappa shape index (κ1) is 8.32. The van der Waals surface area contributed by atoms with Gasteiger partial charge in [0.05, 0.1) is 6.10 Å². The minimum absolute atomic E-state index is 0.299. The maximum atomic E-state index is 8.66. The van der Waals surface area contributed by atoms with E-state index < -0.39 is 6.10 Å². The van der Waals surface area contributed by atoms with Gasteiger partial charge in [-0.3, -0.25) is 0 Å². The number of hydrogen-bond donors (Lipinski definition) is 1. The Bertz CT molecular complexity index is 108. The van der Waals surface area contributed by atoms with Crippen LogP contribution in [0.15, 0.2) is 0 Å². The molecule has 0 aromatic carbocycles. The number of ether oxygens (including phenoxy) is 1. The molecule has 1 unspecified atom stereocenters. The zero-order chi connectivity index (χ0) is 7.11. The summed E-state index contributed by atoms with van der Waals surface area (Å²) in [6.07, 6.45) is 2.83. The lowest BCUT2D eigenvalue weighted by Gasteiger charge is -1.98. The average Bonchev–Trinajstić information content (AvgIpc) is 1.80. The molecule has 0 radical (unpaired) electrons. The lowest BCUT2D eigenvalue weighted by molar-refractivity contribution is 0.107. The molecule has 2 heteroatoms. The summed E-state index contributed by atoms with van der Waals surface area (Å²) in [5.74, 6) is 2.72. The normalized spacial score (nSPS) is 11.4. The largest absolute Gasteiger partial charge is 0.444 e. The fourth-order valence-electron chi connectivity index (χ4n) is 0.285. The molecule has 0 heterocycles. The van der Waals surface area contributed by atoms with Crippen LogP contribution in [0.25, 0.3) is 0 Å². The molecule has 0 aliphatic rings. The molecule has 0 aliphatic carbocycles. The van der Waals surface area contributed by atoms with Crippen LogP contribution >= 0.6 is 0 Å². The fourth-order valence-corrected chi connectivity index (χ4v) is 0.285. The van der Waals surface area contributed by atoms with Crippen LogP contribution in [0.3, 0.4) is 0 Å². The van der Waals surface area contributed by atoms with Crippen molar-refractivity contribution in [1.82, 2.24) is 0 Å². The monoisotopic (exact) mass is 128 g/mol. The molecule has 0 aromatic heterocycles. The molecular weight excluding hydrogens is 116 g/mol. The first-order valence-corrected chi connectivity index (χ1v) is 3.05.